The number of ether oxygens (including phenoxy) is 6. The number of aliphatic hydroxyl groups is 2. The van der Waals surface area contributed by atoms with E-state index in [9.17, 15) is 34.7 Å². The predicted molar refractivity (Wildman–Crippen MR) is 166 cm³/mol. The number of nitrogens with one attached hydrogen (secondary N) is 2. The molecule has 6 atom stereocenters. The third kappa shape index (κ3) is 12.2. The van der Waals surface area contributed by atoms with E-state index in [1.165, 1.54) is 45.2 Å². The molecule has 2 rings (SSSR count). The quantitative estimate of drug-likeness (QED) is 0.0644. The van der Waals surface area contributed by atoms with Crippen molar-refractivity contribution in [1.29, 1.82) is 0 Å². The Morgan fingerprint density at radius 2 is 1.78 bits per heavy atom. The summed E-state index contributed by atoms with van der Waals surface area (Å²) in [7, 11) is 4.11. The van der Waals surface area contributed by atoms with Crippen molar-refractivity contribution in [3.8, 4) is 11.5 Å². The third-order valence-corrected chi connectivity index (χ3v) is 8.33. The molecule has 0 spiro atoms. The number of hydrogen-bond acceptors (Lipinski definition) is 14. The number of methoxy groups -OCH3 is 3. The van der Waals surface area contributed by atoms with E-state index in [-0.39, 0.29) is 74.3 Å². The minimum absolute atomic E-state index is 0.0287. The standard InChI is InChI=1S/C29H45N3O13S/c1-17(29(37)42-5)15-46-16-19-11-21(40-3)22(12-20(19)32(38)39)44-10-6-7-24(33)30-8-9-31-25(34)14-43-13-23-28(41-4)27(36)26(35)18(2)45-23/h11-12,17-18,23,26-28,35-36H,6-10,13-16H2,1-5H3,(H,30,33)(H,31,34). The number of thioether (sulfide) groups is 1. The summed E-state index contributed by atoms with van der Waals surface area (Å²) in [4.78, 5) is 47.0. The van der Waals surface area contributed by atoms with E-state index in [1.54, 1.807) is 13.8 Å². The lowest BCUT2D eigenvalue weighted by molar-refractivity contribution is -0.385. The van der Waals surface area contributed by atoms with Crippen molar-refractivity contribution in [3.05, 3.63) is 27.8 Å². The molecule has 1 aliphatic rings. The Morgan fingerprint density at radius 3 is 2.41 bits per heavy atom. The molecular weight excluding hydrogens is 630 g/mol. The van der Waals surface area contributed by atoms with Crippen molar-refractivity contribution in [1.82, 2.24) is 10.6 Å². The zero-order valence-corrected chi connectivity index (χ0v) is 27.5. The lowest BCUT2D eigenvalue weighted by Gasteiger charge is -2.40. The summed E-state index contributed by atoms with van der Waals surface area (Å²) in [6, 6.07) is 2.82. The van der Waals surface area contributed by atoms with Crippen LogP contribution in [-0.2, 0) is 39.1 Å². The largest absolute Gasteiger partial charge is 0.493 e. The van der Waals surface area contributed by atoms with Crippen LogP contribution in [0.25, 0.3) is 0 Å². The van der Waals surface area contributed by atoms with Gasteiger partial charge in [-0.25, -0.2) is 0 Å². The number of nitro benzene ring substituents is 1. The van der Waals surface area contributed by atoms with Gasteiger partial charge in [-0.3, -0.25) is 24.5 Å². The Morgan fingerprint density at radius 1 is 1.09 bits per heavy atom. The molecule has 6 unspecified atom stereocenters. The minimum atomic E-state index is -1.15. The third-order valence-electron chi connectivity index (χ3n) is 7.08. The average molecular weight is 676 g/mol. The number of benzene rings is 1. The molecule has 0 radical (unpaired) electrons. The smallest absolute Gasteiger partial charge is 0.309 e. The second-order valence-electron chi connectivity index (χ2n) is 10.6. The highest BCUT2D eigenvalue weighted by molar-refractivity contribution is 7.98. The van der Waals surface area contributed by atoms with Crippen LogP contribution in [0, 0.1) is 16.0 Å². The molecule has 1 heterocycles. The summed E-state index contributed by atoms with van der Waals surface area (Å²) in [6.45, 7) is 3.48. The molecule has 0 saturated carbocycles. The summed E-state index contributed by atoms with van der Waals surface area (Å²) in [5.74, 6) is -0.200. The maximum Gasteiger partial charge on any atom is 0.309 e. The Bertz CT molecular complexity index is 1160. The Labute approximate surface area is 271 Å². The number of carbonyl (C=O) groups is 3. The van der Waals surface area contributed by atoms with E-state index in [4.69, 9.17) is 28.4 Å². The Balaban J connectivity index is 1.68. The number of carbonyl (C=O) groups excluding carboxylic acids is 3. The number of hydrogen-bond donors (Lipinski definition) is 4. The zero-order valence-electron chi connectivity index (χ0n) is 26.7. The van der Waals surface area contributed by atoms with Gasteiger partial charge in [-0.15, -0.1) is 0 Å². The monoisotopic (exact) mass is 675 g/mol. The molecule has 2 amide bonds. The van der Waals surface area contributed by atoms with Crippen molar-refractivity contribution < 1.29 is 57.9 Å². The lowest BCUT2D eigenvalue weighted by Crippen LogP contribution is -2.58. The number of nitrogens with zero attached hydrogens (tertiary/aromatic N) is 1. The van der Waals surface area contributed by atoms with Crippen LogP contribution in [0.15, 0.2) is 12.1 Å². The SMILES string of the molecule is COC(=O)C(C)CSCc1cc(OC)c(OCCCC(=O)NCCNC(=O)COCC2OC(C)C(O)C(O)C2OC)cc1[N+](=O)[O-]. The number of rotatable bonds is 20. The van der Waals surface area contributed by atoms with E-state index in [1.807, 2.05) is 0 Å². The number of nitro groups is 1. The highest BCUT2D eigenvalue weighted by Gasteiger charge is 2.43. The van der Waals surface area contributed by atoms with Gasteiger partial charge < -0.3 is 49.3 Å². The zero-order chi connectivity index (χ0) is 34.2. The molecule has 17 heteroatoms. The minimum Gasteiger partial charge on any atom is -0.493 e. The average Bonchev–Trinajstić information content (AvgIpc) is 3.03. The van der Waals surface area contributed by atoms with Crippen molar-refractivity contribution >= 4 is 35.2 Å². The van der Waals surface area contributed by atoms with Crippen molar-refractivity contribution in [2.24, 2.45) is 5.92 Å². The molecule has 4 N–H and O–H groups in total. The van der Waals surface area contributed by atoms with Gasteiger partial charge in [-0.1, -0.05) is 6.92 Å². The van der Waals surface area contributed by atoms with Gasteiger partial charge in [-0.2, -0.15) is 11.8 Å². The van der Waals surface area contributed by atoms with E-state index < -0.39 is 41.4 Å². The van der Waals surface area contributed by atoms with Crippen LogP contribution in [0.5, 0.6) is 11.5 Å². The van der Waals surface area contributed by atoms with Gasteiger partial charge in [0.15, 0.2) is 11.5 Å². The van der Waals surface area contributed by atoms with Gasteiger partial charge in [0, 0.05) is 43.7 Å². The van der Waals surface area contributed by atoms with Crippen molar-refractivity contribution in [3.63, 3.8) is 0 Å². The number of aliphatic hydroxyl groups excluding tert-OH is 2. The summed E-state index contributed by atoms with van der Waals surface area (Å²) >= 11 is 1.36. The molecule has 1 saturated heterocycles. The molecule has 0 aromatic heterocycles. The van der Waals surface area contributed by atoms with Crippen molar-refractivity contribution in [2.45, 2.75) is 63.0 Å². The van der Waals surface area contributed by atoms with Gasteiger partial charge in [0.25, 0.3) is 5.69 Å². The first-order valence-corrected chi connectivity index (χ1v) is 15.9. The fourth-order valence-electron chi connectivity index (χ4n) is 4.54. The number of amides is 2. The van der Waals surface area contributed by atoms with Gasteiger partial charge in [0.2, 0.25) is 11.8 Å². The van der Waals surface area contributed by atoms with Gasteiger partial charge >= 0.3 is 5.97 Å². The molecule has 46 heavy (non-hydrogen) atoms. The maximum absolute atomic E-state index is 12.2. The van der Waals surface area contributed by atoms with E-state index in [0.717, 1.165) is 0 Å². The highest BCUT2D eigenvalue weighted by atomic mass is 32.2. The predicted octanol–water partition coefficient (Wildman–Crippen LogP) is 0.578. The van der Waals surface area contributed by atoms with Crippen LogP contribution in [0.2, 0.25) is 0 Å². The van der Waals surface area contributed by atoms with Crippen LogP contribution < -0.4 is 20.1 Å². The number of esters is 1. The van der Waals surface area contributed by atoms with Gasteiger partial charge in [0.05, 0.1) is 50.4 Å². The summed E-state index contributed by atoms with van der Waals surface area (Å²) < 4.78 is 32.0. The molecule has 260 valence electrons. The van der Waals surface area contributed by atoms with E-state index in [0.29, 0.717) is 23.5 Å². The molecular formula is C29H45N3O13S. The first kappa shape index (κ1) is 39.0. The fourth-order valence-corrected chi connectivity index (χ4v) is 5.60. The highest BCUT2D eigenvalue weighted by Crippen LogP contribution is 2.36. The van der Waals surface area contributed by atoms with E-state index in [2.05, 4.69) is 10.6 Å². The molecule has 1 aliphatic heterocycles. The van der Waals surface area contributed by atoms with Crippen LogP contribution in [0.3, 0.4) is 0 Å². The molecule has 0 bridgehead atoms. The topological polar surface area (TPSA) is 214 Å². The molecule has 1 aromatic carbocycles. The second-order valence-corrected chi connectivity index (χ2v) is 11.6. The van der Waals surface area contributed by atoms with Crippen LogP contribution in [0.4, 0.5) is 5.69 Å². The summed E-state index contributed by atoms with van der Waals surface area (Å²) in [5.41, 5.74) is 0.274. The van der Waals surface area contributed by atoms with Crippen LogP contribution in [-0.4, -0.2) is 123 Å². The summed E-state index contributed by atoms with van der Waals surface area (Å²) in [6.07, 6.45) is -3.89. The van der Waals surface area contributed by atoms with Crippen LogP contribution >= 0.6 is 11.8 Å². The fraction of sp³-hybridized carbons (Fsp3) is 0.690. The van der Waals surface area contributed by atoms with Gasteiger partial charge in [0.1, 0.15) is 31.0 Å². The first-order chi connectivity index (χ1) is 21.9. The van der Waals surface area contributed by atoms with E-state index >= 15 is 0 Å². The lowest BCUT2D eigenvalue weighted by atomic mass is 9.96. The molecule has 1 fully saturated rings. The molecule has 1 aromatic rings. The maximum atomic E-state index is 12.2. The van der Waals surface area contributed by atoms with Gasteiger partial charge in [-0.05, 0) is 19.4 Å². The molecule has 0 aliphatic carbocycles. The first-order valence-electron chi connectivity index (χ1n) is 14.7. The molecule has 16 nitrogen and oxygen atoms in total. The van der Waals surface area contributed by atoms with Crippen molar-refractivity contribution in [2.75, 3.05) is 60.0 Å². The summed E-state index contributed by atoms with van der Waals surface area (Å²) in [5, 5.41) is 37.1. The van der Waals surface area contributed by atoms with Crippen LogP contribution in [0.1, 0.15) is 32.3 Å². The second kappa shape index (κ2) is 20.1. The Hall–Kier alpha value is -3.22. The normalized spacial score (nSPS) is 21.6. The Kier molecular flexibility index (Phi) is 17.0.